The molecule has 0 fully saturated rings. The molecule has 1 aromatic heterocycles. The average Bonchev–Trinajstić information content (AvgIpc) is 2.43. The first-order valence-electron chi connectivity index (χ1n) is 6.18. The number of para-hydroxylation sites is 1. The van der Waals surface area contributed by atoms with Crippen molar-refractivity contribution >= 4 is 5.95 Å². The number of rotatable bonds is 5. The van der Waals surface area contributed by atoms with Crippen molar-refractivity contribution in [3.8, 4) is 11.6 Å². The van der Waals surface area contributed by atoms with E-state index in [1.54, 1.807) is 12.3 Å². The number of aromatic nitrogens is 2. The molecule has 0 unspecified atom stereocenters. The van der Waals surface area contributed by atoms with Crippen LogP contribution < -0.4 is 10.1 Å². The lowest BCUT2D eigenvalue weighted by molar-refractivity contribution is 0.276. The molecular formula is C14H17N3O2. The summed E-state index contributed by atoms with van der Waals surface area (Å²) >= 11 is 0. The summed E-state index contributed by atoms with van der Waals surface area (Å²) in [5.41, 5.74) is 1.57. The number of anilines is 1. The van der Waals surface area contributed by atoms with Crippen molar-refractivity contribution in [2.45, 2.75) is 20.5 Å². The Morgan fingerprint density at radius 3 is 2.84 bits per heavy atom. The molecule has 0 aliphatic rings. The Labute approximate surface area is 112 Å². The van der Waals surface area contributed by atoms with Crippen molar-refractivity contribution in [2.75, 3.05) is 11.9 Å². The van der Waals surface area contributed by atoms with Crippen LogP contribution in [-0.2, 0) is 6.61 Å². The molecule has 19 heavy (non-hydrogen) atoms. The highest BCUT2D eigenvalue weighted by molar-refractivity contribution is 5.39. The Hall–Kier alpha value is -2.14. The molecule has 2 rings (SSSR count). The van der Waals surface area contributed by atoms with Gasteiger partial charge in [-0.3, -0.25) is 0 Å². The summed E-state index contributed by atoms with van der Waals surface area (Å²) < 4.78 is 5.77. The Morgan fingerprint density at radius 1 is 1.32 bits per heavy atom. The first kappa shape index (κ1) is 13.3. The van der Waals surface area contributed by atoms with Crippen LogP contribution in [0.1, 0.15) is 18.1 Å². The summed E-state index contributed by atoms with van der Waals surface area (Å²) in [6, 6.07) is 7.34. The molecule has 0 amide bonds. The van der Waals surface area contributed by atoms with Gasteiger partial charge in [-0.05, 0) is 19.9 Å². The first-order valence-corrected chi connectivity index (χ1v) is 6.18. The van der Waals surface area contributed by atoms with Gasteiger partial charge in [-0.15, -0.1) is 0 Å². The fraction of sp³-hybridized carbons (Fsp3) is 0.286. The molecule has 1 aromatic carbocycles. The van der Waals surface area contributed by atoms with Gasteiger partial charge >= 0.3 is 0 Å². The fourth-order valence-electron chi connectivity index (χ4n) is 1.61. The third-order valence-electron chi connectivity index (χ3n) is 2.61. The van der Waals surface area contributed by atoms with Crippen molar-refractivity contribution in [3.63, 3.8) is 0 Å². The number of benzene rings is 1. The van der Waals surface area contributed by atoms with Crippen LogP contribution in [0.3, 0.4) is 0 Å². The van der Waals surface area contributed by atoms with Gasteiger partial charge in [-0.25, -0.2) is 4.98 Å². The molecule has 2 aromatic rings. The number of aryl methyl sites for hydroxylation is 1. The van der Waals surface area contributed by atoms with E-state index >= 15 is 0 Å². The highest BCUT2D eigenvalue weighted by Gasteiger charge is 2.08. The largest absolute Gasteiger partial charge is 0.438 e. The smallest absolute Gasteiger partial charge is 0.226 e. The second kappa shape index (κ2) is 6.15. The van der Waals surface area contributed by atoms with Crippen molar-refractivity contribution < 1.29 is 9.84 Å². The maximum absolute atomic E-state index is 9.28. The molecule has 1 heterocycles. The Balaban J connectivity index is 2.29. The quantitative estimate of drug-likeness (QED) is 0.863. The number of aliphatic hydroxyl groups excluding tert-OH is 1. The minimum atomic E-state index is -0.0691. The maximum atomic E-state index is 9.28. The van der Waals surface area contributed by atoms with E-state index in [2.05, 4.69) is 15.3 Å². The van der Waals surface area contributed by atoms with Crippen LogP contribution in [0.2, 0.25) is 0 Å². The number of ether oxygens (including phenoxy) is 1. The molecule has 0 saturated carbocycles. The van der Waals surface area contributed by atoms with Gasteiger partial charge in [-0.1, -0.05) is 18.2 Å². The van der Waals surface area contributed by atoms with Crippen LogP contribution in [0.5, 0.6) is 11.6 Å². The minimum absolute atomic E-state index is 0.0691. The molecule has 0 aliphatic carbocycles. The van der Waals surface area contributed by atoms with Gasteiger partial charge in [-0.2, -0.15) is 4.98 Å². The summed E-state index contributed by atoms with van der Waals surface area (Å²) in [4.78, 5) is 8.47. The predicted molar refractivity (Wildman–Crippen MR) is 73.4 cm³/mol. The number of hydrogen-bond donors (Lipinski definition) is 2. The zero-order valence-electron chi connectivity index (χ0n) is 11.1. The van der Waals surface area contributed by atoms with Crippen LogP contribution in [0.15, 0.2) is 30.5 Å². The van der Waals surface area contributed by atoms with E-state index in [0.717, 1.165) is 17.7 Å². The highest BCUT2D eigenvalue weighted by Crippen LogP contribution is 2.26. The van der Waals surface area contributed by atoms with Crippen LogP contribution in [0, 0.1) is 6.92 Å². The van der Waals surface area contributed by atoms with E-state index in [1.165, 1.54) is 0 Å². The summed E-state index contributed by atoms with van der Waals surface area (Å²) in [5, 5.41) is 12.3. The number of hydrogen-bond acceptors (Lipinski definition) is 5. The Bertz CT molecular complexity index is 558. The van der Waals surface area contributed by atoms with Crippen molar-refractivity contribution in [3.05, 3.63) is 41.6 Å². The molecule has 100 valence electrons. The van der Waals surface area contributed by atoms with E-state index in [-0.39, 0.29) is 6.61 Å². The number of aliphatic hydroxyl groups is 1. The van der Waals surface area contributed by atoms with E-state index in [4.69, 9.17) is 4.74 Å². The molecule has 0 radical (unpaired) electrons. The van der Waals surface area contributed by atoms with Crippen molar-refractivity contribution in [1.29, 1.82) is 0 Å². The molecule has 5 nitrogen and oxygen atoms in total. The Morgan fingerprint density at radius 2 is 2.11 bits per heavy atom. The first-order chi connectivity index (χ1) is 9.24. The van der Waals surface area contributed by atoms with E-state index in [1.807, 2.05) is 32.0 Å². The summed E-state index contributed by atoms with van der Waals surface area (Å²) in [6.45, 7) is 4.54. The van der Waals surface area contributed by atoms with Gasteiger partial charge in [0.05, 0.1) is 6.61 Å². The standard InChI is InChI=1S/C14H17N3O2/c1-3-15-14-16-8-10(2)13(17-14)19-12-7-5-4-6-11(12)9-18/h4-8,18H,3,9H2,1-2H3,(H,15,16,17). The number of nitrogens with zero attached hydrogens (tertiary/aromatic N) is 2. The van der Waals surface area contributed by atoms with Gasteiger partial charge in [0.2, 0.25) is 11.8 Å². The van der Waals surface area contributed by atoms with Gasteiger partial charge in [0.25, 0.3) is 0 Å². The van der Waals surface area contributed by atoms with Crippen LogP contribution >= 0.6 is 0 Å². The lowest BCUT2D eigenvalue weighted by Crippen LogP contribution is -2.04. The number of nitrogens with one attached hydrogen (secondary N) is 1. The van der Waals surface area contributed by atoms with E-state index in [0.29, 0.717) is 17.6 Å². The third kappa shape index (κ3) is 3.20. The maximum Gasteiger partial charge on any atom is 0.226 e. The second-order valence-electron chi connectivity index (χ2n) is 4.08. The molecule has 0 bridgehead atoms. The zero-order valence-corrected chi connectivity index (χ0v) is 11.1. The minimum Gasteiger partial charge on any atom is -0.438 e. The van der Waals surface area contributed by atoms with Crippen molar-refractivity contribution in [1.82, 2.24) is 9.97 Å². The van der Waals surface area contributed by atoms with Crippen LogP contribution in [0.25, 0.3) is 0 Å². The predicted octanol–water partition coefficient (Wildman–Crippen LogP) is 2.50. The molecular weight excluding hydrogens is 242 g/mol. The monoisotopic (exact) mass is 259 g/mol. The third-order valence-corrected chi connectivity index (χ3v) is 2.61. The summed E-state index contributed by atoms with van der Waals surface area (Å²) in [7, 11) is 0. The fourth-order valence-corrected chi connectivity index (χ4v) is 1.61. The van der Waals surface area contributed by atoms with Gasteiger partial charge in [0.1, 0.15) is 5.75 Å². The molecule has 0 saturated heterocycles. The summed E-state index contributed by atoms with van der Waals surface area (Å²) in [6.07, 6.45) is 1.71. The average molecular weight is 259 g/mol. The SMILES string of the molecule is CCNc1ncc(C)c(Oc2ccccc2CO)n1. The van der Waals surface area contributed by atoms with E-state index in [9.17, 15) is 5.11 Å². The normalized spacial score (nSPS) is 10.3. The van der Waals surface area contributed by atoms with Crippen LogP contribution in [0.4, 0.5) is 5.95 Å². The van der Waals surface area contributed by atoms with Gasteiger partial charge in [0.15, 0.2) is 0 Å². The molecule has 0 atom stereocenters. The lowest BCUT2D eigenvalue weighted by Gasteiger charge is -2.11. The zero-order chi connectivity index (χ0) is 13.7. The molecule has 2 N–H and O–H groups in total. The summed E-state index contributed by atoms with van der Waals surface area (Å²) in [5.74, 6) is 1.63. The molecule has 0 spiro atoms. The second-order valence-corrected chi connectivity index (χ2v) is 4.08. The molecule has 5 heteroatoms. The topological polar surface area (TPSA) is 67.3 Å². The Kier molecular flexibility index (Phi) is 4.30. The van der Waals surface area contributed by atoms with Crippen LogP contribution in [-0.4, -0.2) is 21.6 Å². The van der Waals surface area contributed by atoms with Gasteiger partial charge < -0.3 is 15.2 Å². The highest BCUT2D eigenvalue weighted by atomic mass is 16.5. The van der Waals surface area contributed by atoms with Crippen molar-refractivity contribution in [2.24, 2.45) is 0 Å². The van der Waals surface area contributed by atoms with Gasteiger partial charge in [0, 0.05) is 23.9 Å². The molecule has 0 aliphatic heterocycles. The van der Waals surface area contributed by atoms with E-state index < -0.39 is 0 Å². The lowest BCUT2D eigenvalue weighted by atomic mass is 10.2.